The number of aromatic nitrogens is 2. The number of carbonyl (C=O) groups is 2. The molecule has 0 aliphatic rings. The molecule has 0 aliphatic heterocycles. The maximum atomic E-state index is 10.6. The topological polar surface area (TPSA) is 177 Å². The van der Waals surface area contributed by atoms with E-state index in [1.807, 2.05) is 62.4 Å². The van der Waals surface area contributed by atoms with Crippen LogP contribution in [-0.4, -0.2) is 59.7 Å². The third-order valence-corrected chi connectivity index (χ3v) is 7.89. The fourth-order valence-corrected chi connectivity index (χ4v) is 5.39. The predicted octanol–water partition coefficient (Wildman–Crippen LogP) is 1.44. The average molecular weight is 639 g/mol. The molecule has 2 unspecified atom stereocenters. The van der Waals surface area contributed by atoms with Crippen molar-refractivity contribution in [3.63, 3.8) is 0 Å². The van der Waals surface area contributed by atoms with Gasteiger partial charge in [0.05, 0.1) is 59.3 Å². The minimum atomic E-state index is -1.25. The maximum absolute atomic E-state index is 10.6. The van der Waals surface area contributed by atoms with Crippen molar-refractivity contribution in [1.82, 2.24) is 9.97 Å². The van der Waals surface area contributed by atoms with Crippen LogP contribution in [0.15, 0.2) is 58.6 Å². The van der Waals surface area contributed by atoms with Crippen LogP contribution in [0.1, 0.15) is 11.1 Å². The zero-order chi connectivity index (χ0) is 29.4. The summed E-state index contributed by atoms with van der Waals surface area (Å²) in [5.41, 5.74) is 14.6. The number of carboxylic acids is 2. The van der Waals surface area contributed by atoms with Crippen LogP contribution in [0.3, 0.4) is 0 Å². The van der Waals surface area contributed by atoms with Gasteiger partial charge in [0.15, 0.2) is 0 Å². The van der Waals surface area contributed by atoms with Crippen molar-refractivity contribution in [3.05, 3.63) is 59.7 Å². The number of thioether (sulfide) groups is 2. The van der Waals surface area contributed by atoms with Crippen LogP contribution in [0.5, 0.6) is 11.5 Å². The predicted molar refractivity (Wildman–Crippen MR) is 153 cm³/mol. The van der Waals surface area contributed by atoms with E-state index in [4.69, 9.17) is 20.9 Å². The first-order valence-electron chi connectivity index (χ1n) is 12.1. The number of fused-ring (bicyclic) bond motifs is 2. The van der Waals surface area contributed by atoms with Crippen molar-refractivity contribution in [3.8, 4) is 11.5 Å². The van der Waals surface area contributed by atoms with Gasteiger partial charge in [0.25, 0.3) is 0 Å². The van der Waals surface area contributed by atoms with Crippen LogP contribution in [-0.2, 0) is 26.7 Å². The van der Waals surface area contributed by atoms with E-state index in [0.29, 0.717) is 0 Å². The number of benzene rings is 2. The van der Waals surface area contributed by atoms with Gasteiger partial charge in [0, 0.05) is 22.3 Å². The monoisotopic (exact) mass is 638 g/mol. The van der Waals surface area contributed by atoms with Crippen molar-refractivity contribution < 1.29 is 46.3 Å². The summed E-state index contributed by atoms with van der Waals surface area (Å²) in [6.07, 6.45) is 0. The van der Waals surface area contributed by atoms with Gasteiger partial charge in [-0.1, -0.05) is 0 Å². The van der Waals surface area contributed by atoms with Crippen molar-refractivity contribution in [2.45, 2.75) is 36.0 Å². The number of nitrogens with two attached hydrogens (primary N) is 2. The number of nitrogens with zero attached hydrogens (tertiary/aromatic N) is 2. The Kier molecular flexibility index (Phi) is 13.2. The number of carbonyl (C=O) groups excluding carboxylic acids is 2. The first kappa shape index (κ1) is 34.1. The molecule has 0 aliphatic carbocycles. The standard InChI is InChI=1S/2C14H16N2O3S.Fe/c2*1-8-5-13(20-7-11(15)14(17)18)16-12-4-3-9(19-2)6-10(8)12;/h2*3-6,11H,7,15H2,1-2H3,(H,17,18);/q;;+2/p-2. The number of aliphatic carboxylic acids is 2. The minimum absolute atomic E-state index is 0. The van der Waals surface area contributed by atoms with E-state index < -0.39 is 24.0 Å². The Morgan fingerprint density at radius 2 is 1.12 bits per heavy atom. The smallest absolute Gasteiger partial charge is 0.548 e. The molecule has 0 saturated carbocycles. The van der Waals surface area contributed by atoms with Gasteiger partial charge in [0.1, 0.15) is 11.5 Å². The van der Waals surface area contributed by atoms with Gasteiger partial charge in [0.2, 0.25) is 0 Å². The van der Waals surface area contributed by atoms with Crippen LogP contribution >= 0.6 is 23.5 Å². The Balaban J connectivity index is 0.000000280. The molecule has 0 spiro atoms. The summed E-state index contributed by atoms with van der Waals surface area (Å²) in [4.78, 5) is 30.1. The Morgan fingerprint density at radius 3 is 1.44 bits per heavy atom. The molecule has 2 heterocycles. The second kappa shape index (κ2) is 15.8. The first-order chi connectivity index (χ1) is 19.0. The van der Waals surface area contributed by atoms with Gasteiger partial charge in [-0.3, -0.25) is 0 Å². The fraction of sp³-hybridized carbons (Fsp3) is 0.286. The summed E-state index contributed by atoms with van der Waals surface area (Å²) >= 11 is 2.62. The Hall–Kier alpha value is -3.06. The Labute approximate surface area is 257 Å². The van der Waals surface area contributed by atoms with E-state index in [1.54, 1.807) is 14.2 Å². The number of aryl methyl sites for hydroxylation is 2. The molecule has 2 aromatic heterocycles. The minimum Gasteiger partial charge on any atom is -0.548 e. The summed E-state index contributed by atoms with van der Waals surface area (Å²) in [5, 5.41) is 24.7. The van der Waals surface area contributed by atoms with E-state index >= 15 is 0 Å². The fourth-order valence-electron chi connectivity index (χ4n) is 3.57. The molecule has 10 nitrogen and oxygen atoms in total. The number of carboxylic acid groups (broad SMARTS) is 2. The molecule has 218 valence electrons. The normalized spacial score (nSPS) is 12.0. The molecule has 2 atom stereocenters. The zero-order valence-electron chi connectivity index (χ0n) is 22.9. The van der Waals surface area contributed by atoms with Crippen LogP contribution < -0.4 is 31.2 Å². The molecular weight excluding hydrogens is 608 g/mol. The molecule has 0 radical (unpaired) electrons. The zero-order valence-corrected chi connectivity index (χ0v) is 25.6. The number of methoxy groups -OCH3 is 2. The third kappa shape index (κ3) is 9.49. The Bertz CT molecular complexity index is 1410. The van der Waals surface area contributed by atoms with Gasteiger partial charge < -0.3 is 40.7 Å². The number of hydrogen-bond acceptors (Lipinski definition) is 12. The SMILES string of the molecule is COc1ccc2nc(SCC(N)C(=O)[O-])cc(C)c2c1.COc1ccc2nc(SCC(N)C(=O)[O-])cc(C)c2c1.[Fe+2]. The molecule has 2 aromatic carbocycles. The van der Waals surface area contributed by atoms with Gasteiger partial charge in [-0.15, -0.1) is 23.5 Å². The van der Waals surface area contributed by atoms with Gasteiger partial charge >= 0.3 is 17.1 Å². The molecule has 13 heteroatoms. The summed E-state index contributed by atoms with van der Waals surface area (Å²) < 4.78 is 10.4. The second-order valence-electron chi connectivity index (χ2n) is 8.79. The second-order valence-corrected chi connectivity index (χ2v) is 10.9. The first-order valence-corrected chi connectivity index (χ1v) is 14.1. The summed E-state index contributed by atoms with van der Waals surface area (Å²) in [5.74, 6) is -0.476. The van der Waals surface area contributed by atoms with Crippen molar-refractivity contribution in [2.24, 2.45) is 11.5 Å². The van der Waals surface area contributed by atoms with Gasteiger partial charge in [-0.05, 0) is 73.5 Å². The molecule has 0 amide bonds. The number of rotatable bonds is 10. The molecule has 4 aromatic rings. The molecule has 4 N–H and O–H groups in total. The van der Waals surface area contributed by atoms with E-state index in [0.717, 1.165) is 54.5 Å². The third-order valence-electron chi connectivity index (χ3n) is 5.83. The Morgan fingerprint density at radius 1 is 0.756 bits per heavy atom. The number of ether oxygens (including phenoxy) is 2. The van der Waals surface area contributed by atoms with Crippen molar-refractivity contribution >= 4 is 57.3 Å². The number of hydrogen-bond donors (Lipinski definition) is 2. The van der Waals surface area contributed by atoms with Crippen LogP contribution in [0, 0.1) is 13.8 Å². The van der Waals surface area contributed by atoms with Gasteiger partial charge in [-0.25, -0.2) is 9.97 Å². The quantitative estimate of drug-likeness (QED) is 0.189. The number of pyridine rings is 2. The van der Waals surface area contributed by atoms with E-state index in [2.05, 4.69) is 9.97 Å². The molecule has 41 heavy (non-hydrogen) atoms. The summed E-state index contributed by atoms with van der Waals surface area (Å²) in [6, 6.07) is 13.1. The van der Waals surface area contributed by atoms with E-state index in [9.17, 15) is 19.8 Å². The van der Waals surface area contributed by atoms with Crippen molar-refractivity contribution in [2.75, 3.05) is 25.7 Å². The van der Waals surface area contributed by atoms with Crippen LogP contribution in [0.2, 0.25) is 0 Å². The maximum Gasteiger partial charge on any atom is 2.00 e. The van der Waals surface area contributed by atoms with Crippen LogP contribution in [0.4, 0.5) is 0 Å². The average Bonchev–Trinajstić information content (AvgIpc) is 2.94. The molecule has 0 bridgehead atoms. The van der Waals surface area contributed by atoms with Crippen molar-refractivity contribution in [1.29, 1.82) is 0 Å². The molecule has 0 fully saturated rings. The largest absolute Gasteiger partial charge is 2.00 e. The summed E-state index contributed by atoms with van der Waals surface area (Å²) in [7, 11) is 3.24. The van der Waals surface area contributed by atoms with E-state index in [-0.39, 0.29) is 28.6 Å². The molecule has 0 saturated heterocycles. The van der Waals surface area contributed by atoms with E-state index in [1.165, 1.54) is 23.5 Å². The molecule has 4 rings (SSSR count). The molecular formula is C28H30FeN4O6S2. The summed E-state index contributed by atoms with van der Waals surface area (Å²) in [6.45, 7) is 3.96. The van der Waals surface area contributed by atoms with Crippen LogP contribution in [0.25, 0.3) is 21.8 Å². The van der Waals surface area contributed by atoms with Gasteiger partial charge in [-0.2, -0.15) is 0 Å².